The van der Waals surface area contributed by atoms with Gasteiger partial charge in [-0.15, -0.1) is 0 Å². The third-order valence-electron chi connectivity index (χ3n) is 2.81. The van der Waals surface area contributed by atoms with Crippen LogP contribution in [0.4, 0.5) is 13.2 Å². The standard InChI is InChI=1S/C13H13F3O5S/c1-9(7-17)11(22(19,20)13(14,15)16)12(18)21-8-10-5-3-2-4-6-10/h2-7,9,11H,8H2,1H3. The number of ether oxygens (including phenoxy) is 1. The van der Waals surface area contributed by atoms with Gasteiger partial charge in [-0.2, -0.15) is 13.2 Å². The van der Waals surface area contributed by atoms with Crippen LogP contribution in [0.5, 0.6) is 0 Å². The first-order valence-corrected chi connectivity index (χ1v) is 7.62. The second-order valence-electron chi connectivity index (χ2n) is 4.50. The van der Waals surface area contributed by atoms with Crippen LogP contribution >= 0.6 is 0 Å². The fourth-order valence-corrected chi connectivity index (χ4v) is 2.89. The summed E-state index contributed by atoms with van der Waals surface area (Å²) in [4.78, 5) is 22.4. The molecule has 0 bridgehead atoms. The molecule has 0 saturated heterocycles. The first kappa shape index (κ1) is 18.1. The topological polar surface area (TPSA) is 77.5 Å². The van der Waals surface area contributed by atoms with Gasteiger partial charge in [0.15, 0.2) is 5.25 Å². The predicted molar refractivity (Wildman–Crippen MR) is 70.2 cm³/mol. The summed E-state index contributed by atoms with van der Waals surface area (Å²) in [6, 6.07) is 7.99. The van der Waals surface area contributed by atoms with Crippen LogP contribution < -0.4 is 0 Å². The smallest absolute Gasteiger partial charge is 0.460 e. The third-order valence-corrected chi connectivity index (χ3v) is 4.74. The van der Waals surface area contributed by atoms with E-state index in [1.54, 1.807) is 30.3 Å². The summed E-state index contributed by atoms with van der Waals surface area (Å²) >= 11 is 0. The minimum Gasteiger partial charge on any atom is -0.460 e. The third kappa shape index (κ3) is 4.06. The molecule has 1 rings (SSSR count). The summed E-state index contributed by atoms with van der Waals surface area (Å²) in [6.07, 6.45) is -0.0300. The van der Waals surface area contributed by atoms with E-state index >= 15 is 0 Å². The molecule has 2 unspecified atom stereocenters. The highest BCUT2D eigenvalue weighted by Crippen LogP contribution is 2.31. The first-order valence-electron chi connectivity index (χ1n) is 6.07. The van der Waals surface area contributed by atoms with Gasteiger partial charge in [-0.25, -0.2) is 8.42 Å². The van der Waals surface area contributed by atoms with Gasteiger partial charge < -0.3 is 9.53 Å². The van der Waals surface area contributed by atoms with Crippen molar-refractivity contribution in [2.24, 2.45) is 5.92 Å². The lowest BCUT2D eigenvalue weighted by Gasteiger charge is -2.20. The van der Waals surface area contributed by atoms with Gasteiger partial charge in [0.05, 0.1) is 0 Å². The molecule has 1 aromatic carbocycles. The zero-order valence-corrected chi connectivity index (χ0v) is 12.2. The van der Waals surface area contributed by atoms with Gasteiger partial charge in [0.2, 0.25) is 0 Å². The molecule has 0 amide bonds. The van der Waals surface area contributed by atoms with Crippen LogP contribution in [0.3, 0.4) is 0 Å². The summed E-state index contributed by atoms with van der Waals surface area (Å²) < 4.78 is 65.2. The summed E-state index contributed by atoms with van der Waals surface area (Å²) in [5, 5.41) is -2.62. The highest BCUT2D eigenvalue weighted by atomic mass is 32.2. The van der Waals surface area contributed by atoms with Crippen molar-refractivity contribution in [2.45, 2.75) is 24.3 Å². The van der Waals surface area contributed by atoms with Crippen LogP contribution in [0.2, 0.25) is 0 Å². The Morgan fingerprint density at radius 1 is 1.27 bits per heavy atom. The number of hydrogen-bond donors (Lipinski definition) is 0. The molecule has 1 aromatic rings. The number of hydrogen-bond acceptors (Lipinski definition) is 5. The number of carbonyl (C=O) groups is 2. The summed E-state index contributed by atoms with van der Waals surface area (Å²) in [5.41, 5.74) is -5.18. The Bertz CT molecular complexity index is 625. The molecule has 9 heteroatoms. The molecule has 2 atom stereocenters. The maximum Gasteiger partial charge on any atom is 0.498 e. The maximum absolute atomic E-state index is 12.6. The number of esters is 1. The lowest BCUT2D eigenvalue weighted by molar-refractivity contribution is -0.146. The maximum atomic E-state index is 12.6. The van der Waals surface area contributed by atoms with E-state index in [2.05, 4.69) is 4.74 Å². The first-order chi connectivity index (χ1) is 10.1. The van der Waals surface area contributed by atoms with Crippen molar-refractivity contribution in [3.8, 4) is 0 Å². The van der Waals surface area contributed by atoms with Crippen LogP contribution in [-0.2, 0) is 30.8 Å². The van der Waals surface area contributed by atoms with Gasteiger partial charge in [-0.3, -0.25) is 4.79 Å². The second kappa shape index (κ2) is 6.91. The van der Waals surface area contributed by atoms with E-state index in [-0.39, 0.29) is 6.29 Å². The van der Waals surface area contributed by atoms with Crippen molar-refractivity contribution in [1.29, 1.82) is 0 Å². The van der Waals surface area contributed by atoms with Crippen molar-refractivity contribution < 1.29 is 35.9 Å². The van der Waals surface area contributed by atoms with Crippen molar-refractivity contribution in [3.05, 3.63) is 35.9 Å². The molecule has 5 nitrogen and oxygen atoms in total. The van der Waals surface area contributed by atoms with Gasteiger partial charge in [0.1, 0.15) is 12.9 Å². The highest BCUT2D eigenvalue weighted by Gasteiger charge is 2.55. The van der Waals surface area contributed by atoms with E-state index in [0.29, 0.717) is 5.56 Å². The molecule has 0 aliphatic rings. The molecule has 0 spiro atoms. The number of sulfone groups is 1. The van der Waals surface area contributed by atoms with E-state index in [4.69, 9.17) is 0 Å². The Morgan fingerprint density at radius 2 is 1.82 bits per heavy atom. The zero-order chi connectivity index (χ0) is 17.0. The molecule has 122 valence electrons. The van der Waals surface area contributed by atoms with E-state index in [1.165, 1.54) is 0 Å². The SMILES string of the molecule is CC(C=O)C(C(=O)OCc1ccccc1)S(=O)(=O)C(F)(F)F. The number of halogens is 3. The van der Waals surface area contributed by atoms with Crippen LogP contribution in [0, 0.1) is 5.92 Å². The monoisotopic (exact) mass is 338 g/mol. The minimum atomic E-state index is -5.86. The van der Waals surface area contributed by atoms with Crippen LogP contribution in [0.15, 0.2) is 30.3 Å². The number of carbonyl (C=O) groups excluding carboxylic acids is 2. The fraction of sp³-hybridized carbons (Fsp3) is 0.385. The highest BCUT2D eigenvalue weighted by molar-refractivity contribution is 7.93. The quantitative estimate of drug-likeness (QED) is 0.584. The summed E-state index contributed by atoms with van der Waals surface area (Å²) in [7, 11) is -5.86. The van der Waals surface area contributed by atoms with Gasteiger partial charge in [0, 0.05) is 5.92 Å². The lowest BCUT2D eigenvalue weighted by atomic mass is 10.1. The predicted octanol–water partition coefficient (Wildman–Crippen LogP) is 1.87. The van der Waals surface area contributed by atoms with Crippen molar-refractivity contribution in [2.75, 3.05) is 0 Å². The van der Waals surface area contributed by atoms with E-state index in [0.717, 1.165) is 6.92 Å². The lowest BCUT2D eigenvalue weighted by Crippen LogP contribution is -2.44. The summed E-state index contributed by atoms with van der Waals surface area (Å²) in [5.74, 6) is -3.30. The van der Waals surface area contributed by atoms with Gasteiger partial charge in [0.25, 0.3) is 9.84 Å². The van der Waals surface area contributed by atoms with E-state index < -0.39 is 39.1 Å². The molecule has 0 radical (unpaired) electrons. The molecular formula is C13H13F3O5S. The van der Waals surface area contributed by atoms with Crippen LogP contribution in [0.1, 0.15) is 12.5 Å². The van der Waals surface area contributed by atoms with Crippen LogP contribution in [-0.4, -0.2) is 31.4 Å². The normalized spacial score (nSPS) is 14.9. The Kier molecular flexibility index (Phi) is 5.70. The van der Waals surface area contributed by atoms with E-state index in [9.17, 15) is 31.2 Å². The zero-order valence-electron chi connectivity index (χ0n) is 11.4. The fourth-order valence-electron chi connectivity index (χ4n) is 1.65. The van der Waals surface area contributed by atoms with E-state index in [1.807, 2.05) is 0 Å². The Labute approximate surface area is 125 Å². The van der Waals surface area contributed by atoms with Gasteiger partial charge >= 0.3 is 11.5 Å². The van der Waals surface area contributed by atoms with Crippen LogP contribution in [0.25, 0.3) is 0 Å². The Balaban J connectivity index is 2.98. The minimum absolute atomic E-state index is 0.0300. The molecule has 0 heterocycles. The Hall–Kier alpha value is -1.90. The average molecular weight is 338 g/mol. The van der Waals surface area contributed by atoms with Crippen molar-refractivity contribution in [1.82, 2.24) is 0 Å². The molecular weight excluding hydrogens is 325 g/mol. The molecule has 0 aliphatic heterocycles. The number of alkyl halides is 3. The number of aldehydes is 1. The molecule has 22 heavy (non-hydrogen) atoms. The largest absolute Gasteiger partial charge is 0.498 e. The molecule has 0 saturated carbocycles. The average Bonchev–Trinajstić information content (AvgIpc) is 2.44. The summed E-state index contributed by atoms with van der Waals surface area (Å²) in [6.45, 7) is 0.514. The number of rotatable bonds is 6. The molecule has 0 aromatic heterocycles. The molecule has 0 fully saturated rings. The Morgan fingerprint density at radius 3 is 2.27 bits per heavy atom. The van der Waals surface area contributed by atoms with Crippen molar-refractivity contribution >= 4 is 22.1 Å². The molecule has 0 N–H and O–H groups in total. The molecule has 0 aliphatic carbocycles. The number of benzene rings is 1. The second-order valence-corrected chi connectivity index (χ2v) is 6.56. The van der Waals surface area contributed by atoms with Gasteiger partial charge in [-0.05, 0) is 5.56 Å². The van der Waals surface area contributed by atoms with Gasteiger partial charge in [-0.1, -0.05) is 37.3 Å². The van der Waals surface area contributed by atoms with Crippen molar-refractivity contribution in [3.63, 3.8) is 0 Å².